The molecule has 7 heteroatoms. The van der Waals surface area contributed by atoms with Gasteiger partial charge >= 0.3 is 11.3 Å². The van der Waals surface area contributed by atoms with Crippen molar-refractivity contribution in [3.8, 4) is 11.5 Å². The number of nitro groups is 1. The second kappa shape index (κ2) is 3.78. The molecule has 2 rings (SSSR count). The lowest BCUT2D eigenvalue weighted by Crippen LogP contribution is -2.07. The third-order valence-electron chi connectivity index (χ3n) is 2.25. The van der Waals surface area contributed by atoms with Crippen molar-refractivity contribution in [2.24, 2.45) is 0 Å². The molecule has 0 spiro atoms. The van der Waals surface area contributed by atoms with Crippen LogP contribution in [0.25, 0.3) is 11.0 Å². The zero-order valence-electron chi connectivity index (χ0n) is 8.67. The van der Waals surface area contributed by atoms with E-state index in [1.54, 1.807) is 0 Å². The lowest BCUT2D eigenvalue weighted by molar-refractivity contribution is -0.388. The van der Waals surface area contributed by atoms with Gasteiger partial charge in [-0.25, -0.2) is 4.79 Å². The van der Waals surface area contributed by atoms with Gasteiger partial charge in [0.25, 0.3) is 0 Å². The lowest BCUT2D eigenvalue weighted by Gasteiger charge is -2.04. The summed E-state index contributed by atoms with van der Waals surface area (Å²) in [5.41, 5.74) is -2.22. The molecule has 2 aromatic rings. The molecule has 0 unspecified atom stereocenters. The Hall–Kier alpha value is -2.57. The van der Waals surface area contributed by atoms with Crippen LogP contribution in [0, 0.1) is 10.1 Å². The first-order valence-electron chi connectivity index (χ1n) is 4.53. The van der Waals surface area contributed by atoms with E-state index in [1.807, 2.05) is 0 Å². The highest BCUT2D eigenvalue weighted by atomic mass is 16.6. The van der Waals surface area contributed by atoms with Gasteiger partial charge in [-0.2, -0.15) is 0 Å². The first-order valence-corrected chi connectivity index (χ1v) is 4.53. The highest BCUT2D eigenvalue weighted by Gasteiger charge is 2.25. The van der Waals surface area contributed by atoms with E-state index in [0.29, 0.717) is 0 Å². The number of benzene rings is 1. The van der Waals surface area contributed by atoms with E-state index in [1.165, 1.54) is 25.3 Å². The van der Waals surface area contributed by atoms with Crippen molar-refractivity contribution >= 4 is 16.7 Å². The summed E-state index contributed by atoms with van der Waals surface area (Å²) in [6.45, 7) is 0. The molecule has 88 valence electrons. The monoisotopic (exact) mass is 237 g/mol. The Morgan fingerprint density at radius 3 is 2.76 bits per heavy atom. The number of methoxy groups -OCH3 is 1. The molecule has 0 amide bonds. The fourth-order valence-corrected chi connectivity index (χ4v) is 1.49. The Morgan fingerprint density at radius 2 is 2.18 bits per heavy atom. The topological polar surface area (TPSA) is 103 Å². The molecule has 0 aliphatic rings. The normalized spacial score (nSPS) is 10.4. The van der Waals surface area contributed by atoms with Crippen molar-refractivity contribution in [3.63, 3.8) is 0 Å². The molecule has 1 N–H and O–H groups in total. The average Bonchev–Trinajstić information content (AvgIpc) is 2.28. The minimum atomic E-state index is -1.22. The number of para-hydroxylation sites is 1. The number of fused-ring (bicyclic) bond motifs is 1. The third kappa shape index (κ3) is 1.57. The van der Waals surface area contributed by atoms with Crippen molar-refractivity contribution in [1.82, 2.24) is 0 Å². The Labute approximate surface area is 94.0 Å². The summed E-state index contributed by atoms with van der Waals surface area (Å²) in [6.07, 6.45) is 0. The number of aromatic hydroxyl groups is 1. The molecule has 0 fully saturated rings. The van der Waals surface area contributed by atoms with E-state index < -0.39 is 22.0 Å². The maximum Gasteiger partial charge on any atom is 0.419 e. The van der Waals surface area contributed by atoms with Gasteiger partial charge in [0, 0.05) is 0 Å². The Balaban J connectivity index is 2.96. The zero-order chi connectivity index (χ0) is 12.6. The van der Waals surface area contributed by atoms with Gasteiger partial charge in [-0.15, -0.1) is 0 Å². The van der Waals surface area contributed by atoms with Crippen molar-refractivity contribution in [2.45, 2.75) is 0 Å². The summed E-state index contributed by atoms with van der Waals surface area (Å²) in [7, 11) is 1.35. The highest BCUT2D eigenvalue weighted by Crippen LogP contribution is 2.34. The number of nitrogens with zero attached hydrogens (tertiary/aromatic N) is 1. The van der Waals surface area contributed by atoms with E-state index in [0.717, 1.165) is 0 Å². The molecule has 0 radical (unpaired) electrons. The lowest BCUT2D eigenvalue weighted by atomic mass is 10.2. The molecule has 1 aromatic carbocycles. The quantitative estimate of drug-likeness (QED) is 0.481. The zero-order valence-corrected chi connectivity index (χ0v) is 8.67. The number of hydrogen-bond donors (Lipinski definition) is 1. The first-order chi connectivity index (χ1) is 8.06. The predicted octanol–water partition coefficient (Wildman–Crippen LogP) is 1.42. The van der Waals surface area contributed by atoms with E-state index >= 15 is 0 Å². The summed E-state index contributed by atoms with van der Waals surface area (Å²) in [6, 6.07) is 4.42. The average molecular weight is 237 g/mol. The maximum absolute atomic E-state index is 11.3. The van der Waals surface area contributed by atoms with Crippen LogP contribution in [0.1, 0.15) is 0 Å². The second-order valence-electron chi connectivity index (χ2n) is 3.18. The van der Waals surface area contributed by atoms with Crippen molar-refractivity contribution in [1.29, 1.82) is 0 Å². The van der Waals surface area contributed by atoms with Crippen LogP contribution in [0.5, 0.6) is 11.5 Å². The van der Waals surface area contributed by atoms with Gasteiger partial charge in [-0.1, -0.05) is 6.07 Å². The van der Waals surface area contributed by atoms with E-state index in [-0.39, 0.29) is 16.7 Å². The number of ether oxygens (including phenoxy) is 1. The first kappa shape index (κ1) is 10.9. The fraction of sp³-hybridized carbons (Fsp3) is 0.100. The van der Waals surface area contributed by atoms with Crippen molar-refractivity contribution in [2.75, 3.05) is 7.11 Å². The van der Waals surface area contributed by atoms with Gasteiger partial charge in [-0.3, -0.25) is 10.1 Å². The Kier molecular flexibility index (Phi) is 2.43. The minimum Gasteiger partial charge on any atom is -0.501 e. The van der Waals surface area contributed by atoms with Crippen molar-refractivity contribution in [3.05, 3.63) is 38.7 Å². The van der Waals surface area contributed by atoms with Gasteiger partial charge in [0.15, 0.2) is 11.3 Å². The van der Waals surface area contributed by atoms with Crippen LogP contribution in [0.15, 0.2) is 27.4 Å². The molecule has 0 aliphatic carbocycles. The molecular formula is C10H7NO6. The fourth-order valence-electron chi connectivity index (χ4n) is 1.49. The molecule has 0 aliphatic heterocycles. The van der Waals surface area contributed by atoms with Gasteiger partial charge in [0.2, 0.25) is 5.75 Å². The minimum absolute atomic E-state index is 0.0249. The summed E-state index contributed by atoms with van der Waals surface area (Å²) < 4.78 is 9.70. The summed E-state index contributed by atoms with van der Waals surface area (Å²) in [4.78, 5) is 20.9. The third-order valence-corrected chi connectivity index (χ3v) is 2.25. The molecule has 0 atom stereocenters. The number of hydrogen-bond acceptors (Lipinski definition) is 6. The molecule has 7 nitrogen and oxygen atoms in total. The van der Waals surface area contributed by atoms with Crippen LogP contribution in [-0.2, 0) is 0 Å². The van der Waals surface area contributed by atoms with Gasteiger partial charge in [0.1, 0.15) is 0 Å². The van der Waals surface area contributed by atoms with Crippen LogP contribution >= 0.6 is 0 Å². The second-order valence-corrected chi connectivity index (χ2v) is 3.18. The maximum atomic E-state index is 11.3. The largest absolute Gasteiger partial charge is 0.501 e. The summed E-state index contributed by atoms with van der Waals surface area (Å²) in [5.74, 6) is -0.509. The van der Waals surface area contributed by atoms with Crippen LogP contribution in [0.3, 0.4) is 0 Å². The smallest absolute Gasteiger partial charge is 0.419 e. The molecular weight excluding hydrogens is 230 g/mol. The highest BCUT2D eigenvalue weighted by molar-refractivity contribution is 5.90. The van der Waals surface area contributed by atoms with E-state index in [2.05, 4.69) is 0 Å². The number of rotatable bonds is 2. The van der Waals surface area contributed by atoms with E-state index in [4.69, 9.17) is 9.15 Å². The summed E-state index contributed by atoms with van der Waals surface area (Å²) in [5, 5.41) is 20.3. The Bertz CT molecular complexity index is 660. The predicted molar refractivity (Wildman–Crippen MR) is 57.4 cm³/mol. The molecule has 0 saturated heterocycles. The van der Waals surface area contributed by atoms with Crippen molar-refractivity contribution < 1.29 is 19.2 Å². The molecule has 0 saturated carbocycles. The Morgan fingerprint density at radius 1 is 1.47 bits per heavy atom. The molecule has 1 aromatic heterocycles. The molecule has 1 heterocycles. The molecule has 17 heavy (non-hydrogen) atoms. The van der Waals surface area contributed by atoms with Gasteiger partial charge in [-0.05, 0) is 12.1 Å². The van der Waals surface area contributed by atoms with Crippen LogP contribution in [0.4, 0.5) is 5.69 Å². The van der Waals surface area contributed by atoms with Gasteiger partial charge in [0.05, 0.1) is 17.4 Å². The SMILES string of the molecule is COc1cccc2c(O)c([N+](=O)[O-])c(=O)oc12. The van der Waals surface area contributed by atoms with Gasteiger partial charge < -0.3 is 14.3 Å². The summed E-state index contributed by atoms with van der Waals surface area (Å²) >= 11 is 0. The standard InChI is InChI=1S/C10H7NO6/c1-16-6-4-2-3-5-8(12)7(11(14)15)10(13)17-9(5)6/h2-4,12H,1H3. The van der Waals surface area contributed by atoms with E-state index in [9.17, 15) is 20.0 Å². The van der Waals surface area contributed by atoms with Crippen LogP contribution in [0.2, 0.25) is 0 Å². The molecule has 0 bridgehead atoms. The van der Waals surface area contributed by atoms with Crippen LogP contribution < -0.4 is 10.4 Å². The van der Waals surface area contributed by atoms with Crippen LogP contribution in [-0.4, -0.2) is 17.1 Å².